The third-order valence-electron chi connectivity index (χ3n) is 2.93. The summed E-state index contributed by atoms with van der Waals surface area (Å²) in [5, 5.41) is 0. The van der Waals surface area contributed by atoms with Crippen molar-refractivity contribution in [1.82, 2.24) is 4.31 Å². The second kappa shape index (κ2) is 5.97. The van der Waals surface area contributed by atoms with Crippen LogP contribution in [-0.2, 0) is 16.6 Å². The molecule has 0 radical (unpaired) electrons. The maximum absolute atomic E-state index is 13.0. The molecule has 1 aliphatic rings. The molecule has 1 heterocycles. The SMILES string of the molecule is Cl.NCc1cc(F)ccc1S(=O)(=O)N1CCCC1. The molecule has 0 unspecified atom stereocenters. The predicted molar refractivity (Wildman–Crippen MR) is 69.5 cm³/mol. The first kappa shape index (κ1) is 15.4. The van der Waals surface area contributed by atoms with Crippen LogP contribution in [0.15, 0.2) is 23.1 Å². The van der Waals surface area contributed by atoms with Gasteiger partial charge >= 0.3 is 0 Å². The second-order valence-electron chi connectivity index (χ2n) is 4.07. The van der Waals surface area contributed by atoms with Gasteiger partial charge in [-0.1, -0.05) is 0 Å². The first-order valence-corrected chi connectivity index (χ1v) is 6.98. The summed E-state index contributed by atoms with van der Waals surface area (Å²) in [5.41, 5.74) is 5.80. The predicted octanol–water partition coefficient (Wildman–Crippen LogP) is 1.49. The highest BCUT2D eigenvalue weighted by molar-refractivity contribution is 7.89. The molecule has 1 saturated heterocycles. The molecule has 1 aromatic rings. The van der Waals surface area contributed by atoms with Gasteiger partial charge in [0.1, 0.15) is 5.82 Å². The van der Waals surface area contributed by atoms with Crippen LogP contribution in [0.1, 0.15) is 18.4 Å². The van der Waals surface area contributed by atoms with Crippen LogP contribution in [0.5, 0.6) is 0 Å². The Kier molecular flexibility index (Phi) is 5.10. The zero-order valence-corrected chi connectivity index (χ0v) is 11.4. The standard InChI is InChI=1S/C11H15FN2O2S.ClH/c12-10-3-4-11(9(7-10)8-13)17(15,16)14-5-1-2-6-14;/h3-4,7H,1-2,5-6,8,13H2;1H. The Morgan fingerprint density at radius 3 is 2.44 bits per heavy atom. The third-order valence-corrected chi connectivity index (χ3v) is 4.92. The van der Waals surface area contributed by atoms with E-state index in [4.69, 9.17) is 5.73 Å². The van der Waals surface area contributed by atoms with E-state index in [2.05, 4.69) is 0 Å². The first-order chi connectivity index (χ1) is 8.05. The summed E-state index contributed by atoms with van der Waals surface area (Å²) in [6, 6.07) is 3.64. The Morgan fingerprint density at radius 2 is 1.89 bits per heavy atom. The molecule has 0 spiro atoms. The van der Waals surface area contributed by atoms with Crippen molar-refractivity contribution in [2.45, 2.75) is 24.3 Å². The Balaban J connectivity index is 0.00000162. The van der Waals surface area contributed by atoms with Crippen molar-refractivity contribution in [2.75, 3.05) is 13.1 Å². The zero-order chi connectivity index (χ0) is 12.5. The van der Waals surface area contributed by atoms with Gasteiger partial charge in [0.15, 0.2) is 0 Å². The van der Waals surface area contributed by atoms with Crippen LogP contribution in [0, 0.1) is 5.82 Å². The van der Waals surface area contributed by atoms with E-state index in [1.807, 2.05) is 0 Å². The Hall–Kier alpha value is -0.690. The van der Waals surface area contributed by atoms with Crippen LogP contribution in [0.25, 0.3) is 0 Å². The quantitative estimate of drug-likeness (QED) is 0.919. The highest BCUT2D eigenvalue weighted by atomic mass is 35.5. The van der Waals surface area contributed by atoms with Gasteiger partial charge in [-0.2, -0.15) is 4.31 Å². The molecule has 0 aliphatic carbocycles. The molecule has 102 valence electrons. The van der Waals surface area contributed by atoms with E-state index < -0.39 is 15.8 Å². The lowest BCUT2D eigenvalue weighted by Gasteiger charge is -2.17. The molecule has 18 heavy (non-hydrogen) atoms. The Bertz CT molecular complexity index is 516. The van der Waals surface area contributed by atoms with E-state index >= 15 is 0 Å². The molecule has 0 atom stereocenters. The molecule has 2 rings (SSSR count). The topological polar surface area (TPSA) is 63.4 Å². The van der Waals surface area contributed by atoms with Crippen molar-refractivity contribution in [2.24, 2.45) is 5.73 Å². The van der Waals surface area contributed by atoms with Crippen molar-refractivity contribution in [3.05, 3.63) is 29.6 Å². The summed E-state index contributed by atoms with van der Waals surface area (Å²) in [7, 11) is -3.51. The number of hydrogen-bond donors (Lipinski definition) is 1. The molecule has 2 N–H and O–H groups in total. The first-order valence-electron chi connectivity index (χ1n) is 5.54. The zero-order valence-electron chi connectivity index (χ0n) is 9.80. The van der Waals surface area contributed by atoms with Crippen LogP contribution < -0.4 is 5.73 Å². The maximum atomic E-state index is 13.0. The number of hydrogen-bond acceptors (Lipinski definition) is 3. The molecule has 1 fully saturated rings. The number of benzene rings is 1. The van der Waals surface area contributed by atoms with Crippen molar-refractivity contribution < 1.29 is 12.8 Å². The van der Waals surface area contributed by atoms with Gasteiger partial charge in [-0.15, -0.1) is 12.4 Å². The van der Waals surface area contributed by atoms with Crippen LogP contribution >= 0.6 is 12.4 Å². The normalized spacial score (nSPS) is 16.6. The third kappa shape index (κ3) is 2.83. The number of sulfonamides is 1. The monoisotopic (exact) mass is 294 g/mol. The summed E-state index contributed by atoms with van der Waals surface area (Å²) in [4.78, 5) is 0.128. The summed E-state index contributed by atoms with van der Waals surface area (Å²) in [6.45, 7) is 1.08. The fourth-order valence-electron chi connectivity index (χ4n) is 2.03. The number of nitrogens with zero attached hydrogens (tertiary/aromatic N) is 1. The minimum atomic E-state index is -3.51. The highest BCUT2D eigenvalue weighted by Crippen LogP contribution is 2.24. The van der Waals surface area contributed by atoms with Crippen LogP contribution in [0.3, 0.4) is 0 Å². The van der Waals surface area contributed by atoms with Gasteiger partial charge < -0.3 is 5.73 Å². The van der Waals surface area contributed by atoms with Gasteiger partial charge in [0, 0.05) is 19.6 Å². The molecular formula is C11H16ClFN2O2S. The maximum Gasteiger partial charge on any atom is 0.243 e. The number of halogens is 2. The van der Waals surface area contributed by atoms with Crippen molar-refractivity contribution in [3.8, 4) is 0 Å². The van der Waals surface area contributed by atoms with Gasteiger partial charge in [0.25, 0.3) is 0 Å². The van der Waals surface area contributed by atoms with E-state index in [0.29, 0.717) is 18.7 Å². The number of nitrogens with two attached hydrogens (primary N) is 1. The van der Waals surface area contributed by atoms with E-state index in [1.54, 1.807) is 0 Å². The van der Waals surface area contributed by atoms with Gasteiger partial charge in [-0.05, 0) is 36.6 Å². The Labute approximate surface area is 112 Å². The largest absolute Gasteiger partial charge is 0.326 e. The average Bonchev–Trinajstić information content (AvgIpc) is 2.82. The van der Waals surface area contributed by atoms with Gasteiger partial charge in [-0.25, -0.2) is 12.8 Å². The minimum absolute atomic E-state index is 0. The smallest absolute Gasteiger partial charge is 0.243 e. The summed E-state index contributed by atoms with van der Waals surface area (Å²) >= 11 is 0. The van der Waals surface area contributed by atoms with Gasteiger partial charge in [-0.3, -0.25) is 0 Å². The molecule has 0 aromatic heterocycles. The fraction of sp³-hybridized carbons (Fsp3) is 0.455. The molecule has 0 amide bonds. The Morgan fingerprint density at radius 1 is 1.28 bits per heavy atom. The minimum Gasteiger partial charge on any atom is -0.326 e. The highest BCUT2D eigenvalue weighted by Gasteiger charge is 2.28. The molecule has 1 aromatic carbocycles. The number of rotatable bonds is 3. The van der Waals surface area contributed by atoms with E-state index in [9.17, 15) is 12.8 Å². The van der Waals surface area contributed by atoms with Crippen molar-refractivity contribution in [1.29, 1.82) is 0 Å². The van der Waals surface area contributed by atoms with Gasteiger partial charge in [0.05, 0.1) is 4.90 Å². The second-order valence-corrected chi connectivity index (χ2v) is 5.97. The summed E-state index contributed by atoms with van der Waals surface area (Å²) < 4.78 is 39.0. The van der Waals surface area contributed by atoms with E-state index in [0.717, 1.165) is 18.9 Å². The lowest BCUT2D eigenvalue weighted by Crippen LogP contribution is -2.29. The molecule has 7 heteroatoms. The molecule has 4 nitrogen and oxygen atoms in total. The van der Waals surface area contributed by atoms with Crippen molar-refractivity contribution >= 4 is 22.4 Å². The summed E-state index contributed by atoms with van der Waals surface area (Å²) in [6.07, 6.45) is 1.75. The van der Waals surface area contributed by atoms with Crippen LogP contribution in [0.4, 0.5) is 4.39 Å². The summed E-state index contributed by atoms with van der Waals surface area (Å²) in [5.74, 6) is -0.467. The van der Waals surface area contributed by atoms with E-state index in [1.165, 1.54) is 16.4 Å². The van der Waals surface area contributed by atoms with Crippen LogP contribution in [0.2, 0.25) is 0 Å². The average molecular weight is 295 g/mol. The molecule has 0 saturated carbocycles. The lowest BCUT2D eigenvalue weighted by molar-refractivity contribution is 0.476. The van der Waals surface area contributed by atoms with Gasteiger partial charge in [0.2, 0.25) is 10.0 Å². The lowest BCUT2D eigenvalue weighted by atomic mass is 10.2. The van der Waals surface area contributed by atoms with Crippen molar-refractivity contribution in [3.63, 3.8) is 0 Å². The molecule has 1 aliphatic heterocycles. The fourth-order valence-corrected chi connectivity index (χ4v) is 3.76. The van der Waals surface area contributed by atoms with Crippen LogP contribution in [-0.4, -0.2) is 25.8 Å². The molecule has 0 bridgehead atoms. The molecular weight excluding hydrogens is 279 g/mol. The van der Waals surface area contributed by atoms with E-state index in [-0.39, 0.29) is 23.8 Å².